The van der Waals surface area contributed by atoms with Gasteiger partial charge in [0, 0.05) is 19.2 Å². The van der Waals surface area contributed by atoms with Crippen molar-refractivity contribution in [3.05, 3.63) is 0 Å². The molecule has 0 spiro atoms. The van der Waals surface area contributed by atoms with Gasteiger partial charge in [-0.3, -0.25) is 5.01 Å². The summed E-state index contributed by atoms with van der Waals surface area (Å²) in [6, 6.07) is 0.684. The summed E-state index contributed by atoms with van der Waals surface area (Å²) in [5.41, 5.74) is 0. The van der Waals surface area contributed by atoms with Gasteiger partial charge < -0.3 is 0 Å². The van der Waals surface area contributed by atoms with Gasteiger partial charge in [-0.1, -0.05) is 58.8 Å². The van der Waals surface area contributed by atoms with E-state index in [0.29, 0.717) is 12.0 Å². The fraction of sp³-hybridized carbons (Fsp3) is 0.933. The van der Waals surface area contributed by atoms with Crippen molar-refractivity contribution in [3.63, 3.8) is 0 Å². The molecule has 0 radical (unpaired) electrons. The zero-order chi connectivity index (χ0) is 12.5. The number of hydrazone groups is 1. The first kappa shape index (κ1) is 14.5. The predicted octanol–water partition coefficient (Wildman–Crippen LogP) is 4.45. The van der Waals surface area contributed by atoms with Crippen molar-refractivity contribution in [1.82, 2.24) is 5.01 Å². The van der Waals surface area contributed by atoms with Crippen LogP contribution in [0.4, 0.5) is 0 Å². The summed E-state index contributed by atoms with van der Waals surface area (Å²) in [6.45, 7) is 4.55. The Bertz CT molecular complexity index is 213. The minimum absolute atomic E-state index is 0.684. The lowest BCUT2D eigenvalue weighted by Gasteiger charge is -2.24. The van der Waals surface area contributed by atoms with E-state index in [1.165, 1.54) is 57.8 Å². The SMILES string of the molecule is CCCCCCC1C(CCCCC)C=NN1C. The second-order valence-electron chi connectivity index (χ2n) is 5.41. The number of unbranched alkanes of at least 4 members (excludes halogenated alkanes) is 5. The van der Waals surface area contributed by atoms with E-state index >= 15 is 0 Å². The number of hydrogen-bond donors (Lipinski definition) is 0. The zero-order valence-corrected chi connectivity index (χ0v) is 12.0. The molecule has 1 rings (SSSR count). The molecule has 0 aromatic rings. The first-order valence-electron chi connectivity index (χ1n) is 7.56. The van der Waals surface area contributed by atoms with Crippen LogP contribution in [0, 0.1) is 5.92 Å². The van der Waals surface area contributed by atoms with E-state index in [0.717, 1.165) is 0 Å². The lowest BCUT2D eigenvalue weighted by molar-refractivity contribution is 0.221. The van der Waals surface area contributed by atoms with Crippen molar-refractivity contribution in [3.8, 4) is 0 Å². The second-order valence-corrected chi connectivity index (χ2v) is 5.41. The molecule has 2 nitrogen and oxygen atoms in total. The first-order chi connectivity index (χ1) is 8.29. The topological polar surface area (TPSA) is 15.6 Å². The van der Waals surface area contributed by atoms with Gasteiger partial charge in [0.2, 0.25) is 0 Å². The highest BCUT2D eigenvalue weighted by Gasteiger charge is 2.27. The Morgan fingerprint density at radius 2 is 1.59 bits per heavy atom. The van der Waals surface area contributed by atoms with Crippen LogP contribution in [0.25, 0.3) is 0 Å². The molecule has 2 unspecified atom stereocenters. The van der Waals surface area contributed by atoms with Gasteiger partial charge in [-0.15, -0.1) is 0 Å². The van der Waals surface area contributed by atoms with Crippen molar-refractivity contribution >= 4 is 6.21 Å². The molecule has 0 aromatic carbocycles. The fourth-order valence-corrected chi connectivity index (χ4v) is 2.73. The highest BCUT2D eigenvalue weighted by molar-refractivity contribution is 5.63. The van der Waals surface area contributed by atoms with Crippen LogP contribution in [0.5, 0.6) is 0 Å². The number of hydrogen-bond acceptors (Lipinski definition) is 2. The Morgan fingerprint density at radius 1 is 0.941 bits per heavy atom. The average molecular weight is 238 g/mol. The van der Waals surface area contributed by atoms with E-state index in [4.69, 9.17) is 0 Å². The summed E-state index contributed by atoms with van der Waals surface area (Å²) in [4.78, 5) is 0. The van der Waals surface area contributed by atoms with Crippen LogP contribution < -0.4 is 0 Å². The van der Waals surface area contributed by atoms with Crippen molar-refractivity contribution in [2.45, 2.75) is 77.7 Å². The minimum atomic E-state index is 0.684. The highest BCUT2D eigenvalue weighted by atomic mass is 15.5. The van der Waals surface area contributed by atoms with Gasteiger partial charge in [0.25, 0.3) is 0 Å². The summed E-state index contributed by atoms with van der Waals surface area (Å²) in [5.74, 6) is 0.716. The van der Waals surface area contributed by atoms with E-state index in [-0.39, 0.29) is 0 Å². The quantitative estimate of drug-likeness (QED) is 0.542. The fourth-order valence-electron chi connectivity index (χ4n) is 2.73. The molecule has 17 heavy (non-hydrogen) atoms. The molecule has 0 fully saturated rings. The molecule has 0 saturated carbocycles. The molecule has 0 saturated heterocycles. The normalized spacial score (nSPS) is 23.6. The van der Waals surface area contributed by atoms with Crippen LogP contribution in [-0.4, -0.2) is 24.3 Å². The molecule has 0 aromatic heterocycles. The van der Waals surface area contributed by atoms with Gasteiger partial charge in [-0.2, -0.15) is 5.10 Å². The van der Waals surface area contributed by atoms with E-state index in [9.17, 15) is 0 Å². The molecule has 1 heterocycles. The molecule has 0 N–H and O–H groups in total. The van der Waals surface area contributed by atoms with E-state index < -0.39 is 0 Å². The van der Waals surface area contributed by atoms with Gasteiger partial charge in [-0.05, 0) is 12.8 Å². The molecule has 0 amide bonds. The Hall–Kier alpha value is -0.530. The van der Waals surface area contributed by atoms with E-state index in [1.807, 2.05) is 0 Å². The summed E-state index contributed by atoms with van der Waals surface area (Å²) >= 11 is 0. The summed E-state index contributed by atoms with van der Waals surface area (Å²) < 4.78 is 0. The highest BCUT2D eigenvalue weighted by Crippen LogP contribution is 2.25. The largest absolute Gasteiger partial charge is 0.297 e. The number of nitrogens with zero attached hydrogens (tertiary/aromatic N) is 2. The van der Waals surface area contributed by atoms with Gasteiger partial charge in [0.05, 0.1) is 6.04 Å². The molecule has 1 aliphatic heterocycles. The maximum absolute atomic E-state index is 4.48. The maximum Gasteiger partial charge on any atom is 0.0545 e. The van der Waals surface area contributed by atoms with E-state index in [1.54, 1.807) is 0 Å². The van der Waals surface area contributed by atoms with Crippen molar-refractivity contribution in [1.29, 1.82) is 0 Å². The lowest BCUT2D eigenvalue weighted by atomic mass is 9.91. The summed E-state index contributed by atoms with van der Waals surface area (Å²) in [6.07, 6.45) is 14.4. The van der Waals surface area contributed by atoms with Crippen molar-refractivity contribution in [2.24, 2.45) is 11.0 Å². The summed E-state index contributed by atoms with van der Waals surface area (Å²) in [5, 5.41) is 6.68. The van der Waals surface area contributed by atoms with Crippen LogP contribution in [0.1, 0.15) is 71.6 Å². The summed E-state index contributed by atoms with van der Waals surface area (Å²) in [7, 11) is 2.14. The van der Waals surface area contributed by atoms with Gasteiger partial charge in [0.15, 0.2) is 0 Å². The third kappa shape index (κ3) is 5.10. The third-order valence-electron chi connectivity index (χ3n) is 3.91. The van der Waals surface area contributed by atoms with Crippen molar-refractivity contribution in [2.75, 3.05) is 7.05 Å². The standard InChI is InChI=1S/C15H30N2/c1-4-6-8-10-12-15-14(11-9-7-5-2)13-16-17(15)3/h13-15H,4-12H2,1-3H3. The van der Waals surface area contributed by atoms with Crippen LogP contribution in [0.3, 0.4) is 0 Å². The second kappa shape index (κ2) is 8.54. The Kier molecular flexibility index (Phi) is 7.30. The zero-order valence-electron chi connectivity index (χ0n) is 12.0. The Labute approximate surface area is 107 Å². The molecule has 0 bridgehead atoms. The van der Waals surface area contributed by atoms with Gasteiger partial charge in [0.1, 0.15) is 0 Å². The van der Waals surface area contributed by atoms with Crippen LogP contribution >= 0.6 is 0 Å². The van der Waals surface area contributed by atoms with E-state index in [2.05, 4.69) is 37.2 Å². The minimum Gasteiger partial charge on any atom is -0.297 e. The Balaban J connectivity index is 2.23. The maximum atomic E-state index is 4.48. The molecule has 100 valence electrons. The van der Waals surface area contributed by atoms with Crippen LogP contribution in [0.2, 0.25) is 0 Å². The smallest absolute Gasteiger partial charge is 0.0545 e. The lowest BCUT2D eigenvalue weighted by Crippen LogP contribution is -2.29. The average Bonchev–Trinajstić information content (AvgIpc) is 2.67. The predicted molar refractivity (Wildman–Crippen MR) is 76.4 cm³/mol. The molecule has 2 atom stereocenters. The Morgan fingerprint density at radius 3 is 2.29 bits per heavy atom. The van der Waals surface area contributed by atoms with Gasteiger partial charge >= 0.3 is 0 Å². The van der Waals surface area contributed by atoms with Crippen LogP contribution in [0.15, 0.2) is 5.10 Å². The molecule has 2 heteroatoms. The first-order valence-corrected chi connectivity index (χ1v) is 7.56. The van der Waals surface area contributed by atoms with Crippen molar-refractivity contribution < 1.29 is 0 Å². The third-order valence-corrected chi connectivity index (χ3v) is 3.91. The molecular formula is C15H30N2. The van der Waals surface area contributed by atoms with Crippen LogP contribution in [-0.2, 0) is 0 Å². The number of rotatable bonds is 9. The van der Waals surface area contributed by atoms with Gasteiger partial charge in [-0.25, -0.2) is 0 Å². The molecule has 0 aliphatic carbocycles. The molecule has 1 aliphatic rings. The monoisotopic (exact) mass is 238 g/mol. The molecular weight excluding hydrogens is 208 g/mol.